The Labute approximate surface area is 96.5 Å². The molecular weight excluding hydrogens is 202 g/mol. The molecule has 0 aromatic heterocycles. The van der Waals surface area contributed by atoms with E-state index < -0.39 is 0 Å². The zero-order valence-corrected chi connectivity index (χ0v) is 9.86. The van der Waals surface area contributed by atoms with Crippen molar-refractivity contribution in [2.45, 2.75) is 20.3 Å². The van der Waals surface area contributed by atoms with E-state index in [0.717, 1.165) is 17.5 Å². The maximum atomic E-state index is 11.9. The fraction of sp³-hybridized carbons (Fsp3) is 0.462. The molecule has 3 nitrogen and oxygen atoms in total. The Hall–Kier alpha value is -1.35. The average Bonchev–Trinajstić information content (AvgIpc) is 2.35. The zero-order valence-electron chi connectivity index (χ0n) is 9.86. The van der Waals surface area contributed by atoms with Gasteiger partial charge in [-0.15, -0.1) is 0 Å². The van der Waals surface area contributed by atoms with E-state index in [9.17, 15) is 4.79 Å². The molecule has 0 heterocycles. The molecule has 0 spiro atoms. The van der Waals surface area contributed by atoms with Crippen LogP contribution in [0.1, 0.15) is 29.8 Å². The van der Waals surface area contributed by atoms with Crippen LogP contribution in [0.5, 0.6) is 0 Å². The molecule has 0 aliphatic rings. The largest absolute Gasteiger partial charge is 0.396 e. The lowest BCUT2D eigenvalue weighted by Gasteiger charge is -2.11. The number of carbonyl (C=O) groups excluding carboxylic acids is 1. The molecule has 88 valence electrons. The number of aryl methyl sites for hydroxylation is 1. The number of amides is 1. The summed E-state index contributed by atoms with van der Waals surface area (Å²) >= 11 is 0. The van der Waals surface area contributed by atoms with E-state index >= 15 is 0 Å². The SMILES string of the molecule is CCc1ccccc1C(=O)NCC(C)CO. The minimum Gasteiger partial charge on any atom is -0.396 e. The van der Waals surface area contributed by atoms with Crippen molar-refractivity contribution in [2.75, 3.05) is 13.2 Å². The Kier molecular flexibility index (Phi) is 4.99. The molecule has 1 aromatic rings. The second-order valence-corrected chi connectivity index (χ2v) is 4.01. The average molecular weight is 221 g/mol. The first-order valence-electron chi connectivity index (χ1n) is 5.66. The molecule has 0 saturated carbocycles. The van der Waals surface area contributed by atoms with Gasteiger partial charge in [-0.05, 0) is 24.0 Å². The Morgan fingerprint density at radius 2 is 2.12 bits per heavy atom. The fourth-order valence-electron chi connectivity index (χ4n) is 1.48. The maximum Gasteiger partial charge on any atom is 0.251 e. The van der Waals surface area contributed by atoms with Gasteiger partial charge in [0.2, 0.25) is 0 Å². The highest BCUT2D eigenvalue weighted by Crippen LogP contribution is 2.09. The number of benzene rings is 1. The van der Waals surface area contributed by atoms with Gasteiger partial charge < -0.3 is 10.4 Å². The Morgan fingerprint density at radius 1 is 1.44 bits per heavy atom. The van der Waals surface area contributed by atoms with Crippen molar-refractivity contribution in [3.05, 3.63) is 35.4 Å². The second-order valence-electron chi connectivity index (χ2n) is 4.01. The summed E-state index contributed by atoms with van der Waals surface area (Å²) in [5, 5.41) is 11.7. The fourth-order valence-corrected chi connectivity index (χ4v) is 1.48. The lowest BCUT2D eigenvalue weighted by molar-refractivity contribution is 0.0941. The summed E-state index contributed by atoms with van der Waals surface area (Å²) in [5.41, 5.74) is 1.78. The van der Waals surface area contributed by atoms with E-state index in [-0.39, 0.29) is 18.4 Å². The smallest absolute Gasteiger partial charge is 0.251 e. The van der Waals surface area contributed by atoms with Crippen molar-refractivity contribution in [3.63, 3.8) is 0 Å². The third kappa shape index (κ3) is 3.35. The zero-order chi connectivity index (χ0) is 12.0. The number of carbonyl (C=O) groups is 1. The van der Waals surface area contributed by atoms with Crippen LogP contribution in [0.4, 0.5) is 0 Å². The van der Waals surface area contributed by atoms with E-state index in [1.54, 1.807) is 0 Å². The van der Waals surface area contributed by atoms with Crippen LogP contribution in [0.2, 0.25) is 0 Å². The van der Waals surface area contributed by atoms with Gasteiger partial charge in [0.1, 0.15) is 0 Å². The summed E-state index contributed by atoms with van der Waals surface area (Å²) in [6.45, 7) is 4.53. The van der Waals surface area contributed by atoms with Gasteiger partial charge in [0.25, 0.3) is 5.91 Å². The van der Waals surface area contributed by atoms with Crippen LogP contribution in [0.25, 0.3) is 0 Å². The quantitative estimate of drug-likeness (QED) is 0.793. The van der Waals surface area contributed by atoms with Crippen LogP contribution in [-0.4, -0.2) is 24.2 Å². The molecule has 1 unspecified atom stereocenters. The number of rotatable bonds is 5. The first-order chi connectivity index (χ1) is 7.69. The van der Waals surface area contributed by atoms with Crippen molar-refractivity contribution in [1.82, 2.24) is 5.32 Å². The van der Waals surface area contributed by atoms with E-state index in [2.05, 4.69) is 5.32 Å². The molecule has 3 heteroatoms. The lowest BCUT2D eigenvalue weighted by atomic mass is 10.0. The van der Waals surface area contributed by atoms with Crippen molar-refractivity contribution in [1.29, 1.82) is 0 Å². The first-order valence-corrected chi connectivity index (χ1v) is 5.66. The molecule has 1 amide bonds. The van der Waals surface area contributed by atoms with Gasteiger partial charge >= 0.3 is 0 Å². The number of aliphatic hydroxyl groups is 1. The summed E-state index contributed by atoms with van der Waals surface area (Å²) in [6.07, 6.45) is 0.846. The summed E-state index contributed by atoms with van der Waals surface area (Å²) in [7, 11) is 0. The molecule has 0 bridgehead atoms. The monoisotopic (exact) mass is 221 g/mol. The van der Waals surface area contributed by atoms with Crippen LogP contribution in [-0.2, 0) is 6.42 Å². The molecule has 0 radical (unpaired) electrons. The standard InChI is InChI=1S/C13H19NO2/c1-3-11-6-4-5-7-12(11)13(16)14-8-10(2)9-15/h4-7,10,15H,3,8-9H2,1-2H3,(H,14,16). The van der Waals surface area contributed by atoms with Gasteiger partial charge in [0, 0.05) is 18.7 Å². The minimum atomic E-state index is -0.0576. The summed E-state index contributed by atoms with van der Waals surface area (Å²) in [6, 6.07) is 7.59. The molecule has 1 aromatic carbocycles. The summed E-state index contributed by atoms with van der Waals surface area (Å²) in [4.78, 5) is 11.9. The van der Waals surface area contributed by atoms with E-state index in [1.807, 2.05) is 38.1 Å². The Bertz CT molecular complexity index is 350. The second kappa shape index (κ2) is 6.28. The third-order valence-electron chi connectivity index (χ3n) is 2.57. The van der Waals surface area contributed by atoms with Crippen LogP contribution < -0.4 is 5.32 Å². The number of hydrogen-bond acceptors (Lipinski definition) is 2. The predicted octanol–water partition coefficient (Wildman–Crippen LogP) is 1.61. The Balaban J connectivity index is 2.65. The third-order valence-corrected chi connectivity index (χ3v) is 2.57. The summed E-state index contributed by atoms with van der Waals surface area (Å²) in [5.74, 6) is 0.0375. The molecule has 2 N–H and O–H groups in total. The van der Waals surface area contributed by atoms with Gasteiger partial charge in [0.05, 0.1) is 0 Å². The van der Waals surface area contributed by atoms with Gasteiger partial charge in [0.15, 0.2) is 0 Å². The van der Waals surface area contributed by atoms with E-state index in [1.165, 1.54) is 0 Å². The van der Waals surface area contributed by atoms with Gasteiger partial charge in [-0.3, -0.25) is 4.79 Å². The molecule has 1 atom stereocenters. The van der Waals surface area contributed by atoms with Crippen molar-refractivity contribution < 1.29 is 9.90 Å². The molecule has 1 rings (SSSR count). The maximum absolute atomic E-state index is 11.9. The van der Waals surface area contributed by atoms with Crippen LogP contribution in [0, 0.1) is 5.92 Å². The number of nitrogens with one attached hydrogen (secondary N) is 1. The molecule has 0 fully saturated rings. The number of aliphatic hydroxyl groups excluding tert-OH is 1. The molecule has 16 heavy (non-hydrogen) atoms. The van der Waals surface area contributed by atoms with E-state index in [4.69, 9.17) is 5.11 Å². The van der Waals surface area contributed by atoms with Gasteiger partial charge in [-0.2, -0.15) is 0 Å². The van der Waals surface area contributed by atoms with Gasteiger partial charge in [-0.1, -0.05) is 32.0 Å². The molecule has 0 saturated heterocycles. The number of hydrogen-bond donors (Lipinski definition) is 2. The van der Waals surface area contributed by atoms with Crippen LogP contribution in [0.3, 0.4) is 0 Å². The Morgan fingerprint density at radius 3 is 2.75 bits per heavy atom. The van der Waals surface area contributed by atoms with Crippen molar-refractivity contribution in [3.8, 4) is 0 Å². The van der Waals surface area contributed by atoms with Crippen molar-refractivity contribution >= 4 is 5.91 Å². The normalized spacial score (nSPS) is 12.2. The van der Waals surface area contributed by atoms with Gasteiger partial charge in [-0.25, -0.2) is 0 Å². The topological polar surface area (TPSA) is 49.3 Å². The lowest BCUT2D eigenvalue weighted by Crippen LogP contribution is -2.30. The van der Waals surface area contributed by atoms with E-state index in [0.29, 0.717) is 6.54 Å². The highest BCUT2D eigenvalue weighted by Gasteiger charge is 2.10. The first kappa shape index (κ1) is 12.7. The van der Waals surface area contributed by atoms with Crippen molar-refractivity contribution in [2.24, 2.45) is 5.92 Å². The highest BCUT2D eigenvalue weighted by molar-refractivity contribution is 5.95. The summed E-state index contributed by atoms with van der Waals surface area (Å²) < 4.78 is 0. The van der Waals surface area contributed by atoms with Crippen LogP contribution in [0.15, 0.2) is 24.3 Å². The predicted molar refractivity (Wildman–Crippen MR) is 64.4 cm³/mol. The molecule has 0 aliphatic carbocycles. The minimum absolute atomic E-state index is 0.0576. The molecular formula is C13H19NO2. The highest BCUT2D eigenvalue weighted by atomic mass is 16.3. The molecule has 0 aliphatic heterocycles. The van der Waals surface area contributed by atoms with Crippen LogP contribution >= 0.6 is 0 Å².